The molecule has 1 saturated carbocycles. The molecule has 2 aliphatic carbocycles. The minimum absolute atomic E-state index is 0.0899. The van der Waals surface area contributed by atoms with Crippen LogP contribution in [0.5, 0.6) is 11.5 Å². The molecule has 0 radical (unpaired) electrons. The maximum atomic E-state index is 10.5. The molecule has 3 heteroatoms. The van der Waals surface area contributed by atoms with Crippen LogP contribution in [-0.4, -0.2) is 24.9 Å². The smallest absolute Gasteiger partial charge is 0.120 e. The summed E-state index contributed by atoms with van der Waals surface area (Å²) >= 11 is 0. The van der Waals surface area contributed by atoms with E-state index in [1.807, 2.05) is 24.3 Å². The van der Waals surface area contributed by atoms with Crippen molar-refractivity contribution in [2.24, 2.45) is 17.3 Å². The van der Waals surface area contributed by atoms with Gasteiger partial charge in [0.2, 0.25) is 0 Å². The monoisotopic (exact) mass is 328 g/mol. The van der Waals surface area contributed by atoms with E-state index in [0.717, 1.165) is 24.3 Å². The largest absolute Gasteiger partial charge is 0.497 e. The molecule has 3 atom stereocenters. The van der Waals surface area contributed by atoms with E-state index in [-0.39, 0.29) is 17.4 Å². The molecule has 1 aromatic rings. The van der Waals surface area contributed by atoms with Crippen molar-refractivity contribution in [1.29, 1.82) is 0 Å². The summed E-state index contributed by atoms with van der Waals surface area (Å²) in [6.45, 7) is 7.28. The van der Waals surface area contributed by atoms with Crippen molar-refractivity contribution in [3.8, 4) is 11.5 Å². The molecule has 0 unspecified atom stereocenters. The van der Waals surface area contributed by atoms with Gasteiger partial charge in [0.25, 0.3) is 0 Å². The lowest BCUT2D eigenvalue weighted by Gasteiger charge is -2.20. The Morgan fingerprint density at radius 3 is 2.50 bits per heavy atom. The average Bonchev–Trinajstić information content (AvgIpc) is 2.68. The summed E-state index contributed by atoms with van der Waals surface area (Å²) in [5.74, 6) is 2.24. The molecular formula is C21H28O3. The van der Waals surface area contributed by atoms with Crippen LogP contribution in [0.25, 0.3) is 0 Å². The molecule has 0 heterocycles. The molecule has 1 N–H and O–H groups in total. The van der Waals surface area contributed by atoms with Gasteiger partial charge in [-0.15, -0.1) is 0 Å². The molecule has 3 nitrogen and oxygen atoms in total. The number of ether oxygens (including phenoxy) is 2. The van der Waals surface area contributed by atoms with Crippen LogP contribution in [0.3, 0.4) is 0 Å². The van der Waals surface area contributed by atoms with Gasteiger partial charge in [0, 0.05) is 5.92 Å². The Morgan fingerprint density at radius 1 is 1.17 bits per heavy atom. The summed E-state index contributed by atoms with van der Waals surface area (Å²) in [5.41, 5.74) is 2.76. The van der Waals surface area contributed by atoms with Gasteiger partial charge in [0.1, 0.15) is 18.1 Å². The van der Waals surface area contributed by atoms with E-state index in [0.29, 0.717) is 12.5 Å². The molecular weight excluding hydrogens is 300 g/mol. The number of rotatable bonds is 4. The van der Waals surface area contributed by atoms with E-state index >= 15 is 0 Å². The zero-order chi connectivity index (χ0) is 17.3. The van der Waals surface area contributed by atoms with Crippen molar-refractivity contribution >= 4 is 0 Å². The van der Waals surface area contributed by atoms with E-state index in [4.69, 9.17) is 9.47 Å². The van der Waals surface area contributed by atoms with Crippen LogP contribution in [0, 0.1) is 17.3 Å². The topological polar surface area (TPSA) is 38.7 Å². The lowest BCUT2D eigenvalue weighted by Crippen LogP contribution is -2.14. The number of hydrogen-bond acceptors (Lipinski definition) is 3. The molecule has 0 aromatic heterocycles. The van der Waals surface area contributed by atoms with Gasteiger partial charge in [-0.3, -0.25) is 0 Å². The predicted molar refractivity (Wildman–Crippen MR) is 96.3 cm³/mol. The molecule has 130 valence electrons. The molecule has 2 aliphatic rings. The second kappa shape index (κ2) is 6.64. The van der Waals surface area contributed by atoms with E-state index in [9.17, 15) is 5.11 Å². The van der Waals surface area contributed by atoms with Crippen LogP contribution in [0.1, 0.15) is 33.6 Å². The number of fused-ring (bicyclic) bond motifs is 1. The minimum atomic E-state index is -0.285. The quantitative estimate of drug-likeness (QED) is 0.834. The summed E-state index contributed by atoms with van der Waals surface area (Å²) in [7, 11) is 1.66. The average molecular weight is 328 g/mol. The highest BCUT2D eigenvalue weighted by Crippen LogP contribution is 2.49. The number of aliphatic hydroxyl groups excluding tert-OH is 1. The van der Waals surface area contributed by atoms with Crippen molar-refractivity contribution in [2.75, 3.05) is 13.7 Å². The zero-order valence-electron chi connectivity index (χ0n) is 15.1. The van der Waals surface area contributed by atoms with Gasteiger partial charge in [-0.2, -0.15) is 0 Å². The van der Waals surface area contributed by atoms with Crippen molar-refractivity contribution in [2.45, 2.75) is 39.7 Å². The third-order valence-electron chi connectivity index (χ3n) is 5.46. The maximum Gasteiger partial charge on any atom is 0.120 e. The third kappa shape index (κ3) is 3.36. The van der Waals surface area contributed by atoms with Gasteiger partial charge < -0.3 is 14.6 Å². The Balaban J connectivity index is 1.74. The summed E-state index contributed by atoms with van der Waals surface area (Å²) in [5, 5.41) is 10.5. The first-order valence-corrected chi connectivity index (χ1v) is 8.77. The molecule has 1 fully saturated rings. The van der Waals surface area contributed by atoms with Crippen LogP contribution in [0.4, 0.5) is 0 Å². The van der Waals surface area contributed by atoms with Crippen molar-refractivity contribution in [3.05, 3.63) is 47.6 Å². The van der Waals surface area contributed by atoms with E-state index in [2.05, 4.69) is 32.9 Å². The fraction of sp³-hybridized carbons (Fsp3) is 0.524. The highest BCUT2D eigenvalue weighted by Gasteiger charge is 2.42. The Kier molecular flexibility index (Phi) is 4.73. The highest BCUT2D eigenvalue weighted by atomic mass is 16.5. The normalized spacial score (nSPS) is 28.5. The number of benzene rings is 1. The fourth-order valence-corrected chi connectivity index (χ4v) is 3.92. The predicted octanol–water partition coefficient (Wildman–Crippen LogP) is 4.37. The van der Waals surface area contributed by atoms with Crippen molar-refractivity contribution in [1.82, 2.24) is 0 Å². The van der Waals surface area contributed by atoms with E-state index < -0.39 is 0 Å². The van der Waals surface area contributed by atoms with Crippen LogP contribution < -0.4 is 9.47 Å². The fourth-order valence-electron chi connectivity index (χ4n) is 3.92. The second-order valence-electron chi connectivity index (χ2n) is 7.68. The van der Waals surface area contributed by atoms with Crippen molar-refractivity contribution in [3.63, 3.8) is 0 Å². The Hall–Kier alpha value is -1.74. The van der Waals surface area contributed by atoms with Gasteiger partial charge >= 0.3 is 0 Å². The van der Waals surface area contributed by atoms with Crippen LogP contribution in [0.15, 0.2) is 47.6 Å². The first kappa shape index (κ1) is 17.1. The Morgan fingerprint density at radius 2 is 1.83 bits per heavy atom. The second-order valence-corrected chi connectivity index (χ2v) is 7.68. The summed E-state index contributed by atoms with van der Waals surface area (Å²) in [6, 6.07) is 7.67. The molecule has 0 saturated heterocycles. The van der Waals surface area contributed by atoms with E-state index in [1.165, 1.54) is 11.1 Å². The zero-order valence-corrected chi connectivity index (χ0v) is 15.1. The Labute approximate surface area is 145 Å². The van der Waals surface area contributed by atoms with Gasteiger partial charge in [-0.05, 0) is 54.0 Å². The SMILES string of the molecule is COc1ccc(OCC2=C[C@H]3C(=CC[C@H]2C)C(C)(C)C[C@H]3O)cc1. The minimum Gasteiger partial charge on any atom is -0.497 e. The third-order valence-corrected chi connectivity index (χ3v) is 5.46. The summed E-state index contributed by atoms with van der Waals surface area (Å²) in [4.78, 5) is 0. The van der Waals surface area contributed by atoms with Crippen LogP contribution in [-0.2, 0) is 0 Å². The molecule has 0 bridgehead atoms. The van der Waals surface area contributed by atoms with Gasteiger partial charge in [-0.25, -0.2) is 0 Å². The highest BCUT2D eigenvalue weighted by molar-refractivity contribution is 5.34. The van der Waals surface area contributed by atoms with Gasteiger partial charge in [-0.1, -0.05) is 38.5 Å². The summed E-state index contributed by atoms with van der Waals surface area (Å²) in [6.07, 6.45) is 6.17. The van der Waals surface area contributed by atoms with Crippen molar-refractivity contribution < 1.29 is 14.6 Å². The molecule has 3 rings (SSSR count). The van der Waals surface area contributed by atoms with Gasteiger partial charge in [0.05, 0.1) is 13.2 Å². The first-order valence-electron chi connectivity index (χ1n) is 8.77. The van der Waals surface area contributed by atoms with E-state index in [1.54, 1.807) is 7.11 Å². The summed E-state index contributed by atoms with van der Waals surface area (Å²) < 4.78 is 11.2. The number of methoxy groups -OCH3 is 1. The van der Waals surface area contributed by atoms with Crippen LogP contribution in [0.2, 0.25) is 0 Å². The Bertz CT molecular complexity index is 640. The molecule has 0 spiro atoms. The van der Waals surface area contributed by atoms with Gasteiger partial charge in [0.15, 0.2) is 0 Å². The van der Waals surface area contributed by atoms with Crippen LogP contribution >= 0.6 is 0 Å². The molecule has 0 amide bonds. The first-order chi connectivity index (χ1) is 11.4. The maximum absolute atomic E-state index is 10.5. The lowest BCUT2D eigenvalue weighted by molar-refractivity contribution is 0.146. The molecule has 24 heavy (non-hydrogen) atoms. The standard InChI is InChI=1S/C21H28O3/c1-14-5-10-19-18(20(22)12-21(19,2)3)11-15(14)13-24-17-8-6-16(23-4)7-9-17/h6-11,14,18,20,22H,5,12-13H2,1-4H3/t14-,18+,20-/m1/s1. The number of hydrogen-bond donors (Lipinski definition) is 1. The molecule has 0 aliphatic heterocycles. The molecule has 1 aromatic carbocycles. The lowest BCUT2D eigenvalue weighted by atomic mass is 9.84. The number of aliphatic hydroxyl groups is 1. The number of allylic oxidation sites excluding steroid dienone is 1.